The molecule has 1 saturated heterocycles. The Hall–Kier alpha value is -3.22. The monoisotopic (exact) mass is 394 g/mol. The molecule has 7 heteroatoms. The third kappa shape index (κ3) is 3.99. The largest absolute Gasteiger partial charge is 0.338 e. The van der Waals surface area contributed by atoms with Crippen molar-refractivity contribution in [3.05, 3.63) is 77.6 Å². The summed E-state index contributed by atoms with van der Waals surface area (Å²) in [6.07, 6.45) is 6.87. The van der Waals surface area contributed by atoms with Crippen LogP contribution in [0.2, 0.25) is 0 Å². The first-order valence-electron chi connectivity index (χ1n) is 9.51. The SMILES string of the molecule is Cc1ncc(-c2ccncc2)c([C@H]2CCCN(C(=O)c3ccc(F)cc3F)C2)n1. The molecule has 0 bridgehead atoms. The molecule has 29 heavy (non-hydrogen) atoms. The van der Waals surface area contributed by atoms with Crippen LogP contribution in [0, 0.1) is 18.6 Å². The Balaban J connectivity index is 1.64. The first-order valence-corrected chi connectivity index (χ1v) is 9.51. The van der Waals surface area contributed by atoms with Gasteiger partial charge >= 0.3 is 0 Å². The quantitative estimate of drug-likeness (QED) is 0.670. The number of aromatic nitrogens is 3. The Kier molecular flexibility index (Phi) is 5.29. The number of amides is 1. The highest BCUT2D eigenvalue weighted by Crippen LogP contribution is 2.33. The second kappa shape index (κ2) is 8.03. The van der Waals surface area contributed by atoms with Gasteiger partial charge in [0.15, 0.2) is 0 Å². The zero-order valence-electron chi connectivity index (χ0n) is 16.0. The number of carbonyl (C=O) groups excluding carboxylic acids is 1. The lowest BCUT2D eigenvalue weighted by molar-refractivity contribution is 0.0701. The summed E-state index contributed by atoms with van der Waals surface area (Å²) in [5.74, 6) is -1.31. The smallest absolute Gasteiger partial charge is 0.256 e. The number of pyridine rings is 1. The molecular weight excluding hydrogens is 374 g/mol. The number of halogens is 2. The van der Waals surface area contributed by atoms with E-state index in [0.717, 1.165) is 41.8 Å². The van der Waals surface area contributed by atoms with E-state index >= 15 is 0 Å². The van der Waals surface area contributed by atoms with Crippen LogP contribution in [0.25, 0.3) is 11.1 Å². The van der Waals surface area contributed by atoms with E-state index < -0.39 is 17.5 Å². The van der Waals surface area contributed by atoms with Gasteiger partial charge in [0.2, 0.25) is 0 Å². The van der Waals surface area contributed by atoms with Gasteiger partial charge in [0, 0.05) is 49.2 Å². The molecule has 0 saturated carbocycles. The summed E-state index contributed by atoms with van der Waals surface area (Å²) in [6, 6.07) is 6.85. The number of aryl methyl sites for hydroxylation is 1. The van der Waals surface area contributed by atoms with Crippen molar-refractivity contribution in [2.75, 3.05) is 13.1 Å². The van der Waals surface area contributed by atoms with Gasteiger partial charge < -0.3 is 4.90 Å². The highest BCUT2D eigenvalue weighted by molar-refractivity contribution is 5.94. The van der Waals surface area contributed by atoms with Crippen molar-refractivity contribution in [3.8, 4) is 11.1 Å². The molecule has 5 nitrogen and oxygen atoms in total. The van der Waals surface area contributed by atoms with Crippen molar-refractivity contribution >= 4 is 5.91 Å². The topological polar surface area (TPSA) is 59.0 Å². The van der Waals surface area contributed by atoms with Crippen molar-refractivity contribution in [2.45, 2.75) is 25.7 Å². The number of carbonyl (C=O) groups is 1. The molecule has 3 aromatic rings. The number of hydrogen-bond donors (Lipinski definition) is 0. The molecule has 2 aromatic heterocycles. The normalized spacial score (nSPS) is 16.7. The molecule has 0 radical (unpaired) electrons. The molecule has 1 fully saturated rings. The van der Waals surface area contributed by atoms with Gasteiger partial charge in [-0.2, -0.15) is 0 Å². The lowest BCUT2D eigenvalue weighted by atomic mass is 9.89. The fourth-order valence-corrected chi connectivity index (χ4v) is 3.77. The highest BCUT2D eigenvalue weighted by atomic mass is 19.1. The fraction of sp³-hybridized carbons (Fsp3) is 0.273. The van der Waals surface area contributed by atoms with E-state index in [4.69, 9.17) is 0 Å². The molecule has 1 amide bonds. The number of nitrogens with zero attached hydrogens (tertiary/aromatic N) is 4. The highest BCUT2D eigenvalue weighted by Gasteiger charge is 2.29. The molecular formula is C22H20F2N4O. The molecule has 3 heterocycles. The Labute approximate surface area is 167 Å². The summed E-state index contributed by atoms with van der Waals surface area (Å²) < 4.78 is 27.3. The lowest BCUT2D eigenvalue weighted by Crippen LogP contribution is -2.39. The van der Waals surface area contributed by atoms with E-state index in [9.17, 15) is 13.6 Å². The minimum absolute atomic E-state index is 0.000995. The van der Waals surface area contributed by atoms with Crippen LogP contribution < -0.4 is 0 Å². The number of piperidine rings is 1. The summed E-state index contributed by atoms with van der Waals surface area (Å²) in [5, 5.41) is 0. The number of likely N-dealkylation sites (tertiary alicyclic amines) is 1. The van der Waals surface area contributed by atoms with E-state index in [1.807, 2.05) is 19.1 Å². The summed E-state index contributed by atoms with van der Waals surface area (Å²) in [6.45, 7) is 2.78. The zero-order valence-corrected chi connectivity index (χ0v) is 16.0. The number of hydrogen-bond acceptors (Lipinski definition) is 4. The van der Waals surface area contributed by atoms with Gasteiger partial charge in [0.25, 0.3) is 5.91 Å². The first-order chi connectivity index (χ1) is 14.0. The van der Waals surface area contributed by atoms with Crippen molar-refractivity contribution in [1.29, 1.82) is 0 Å². The van der Waals surface area contributed by atoms with E-state index in [1.54, 1.807) is 23.5 Å². The number of benzene rings is 1. The van der Waals surface area contributed by atoms with E-state index in [2.05, 4.69) is 15.0 Å². The maximum absolute atomic E-state index is 14.1. The summed E-state index contributed by atoms with van der Waals surface area (Å²) in [7, 11) is 0. The van der Waals surface area contributed by atoms with Gasteiger partial charge in [-0.25, -0.2) is 18.7 Å². The molecule has 148 valence electrons. The standard InChI is InChI=1S/C22H20F2N4O/c1-14-26-12-19(15-6-8-25-9-7-15)21(27-14)16-3-2-10-28(13-16)22(29)18-5-4-17(23)11-20(18)24/h4-9,11-12,16H,2-3,10,13H2,1H3/t16-/m0/s1. The van der Waals surface area contributed by atoms with Crippen molar-refractivity contribution in [2.24, 2.45) is 0 Å². The minimum atomic E-state index is -0.840. The lowest BCUT2D eigenvalue weighted by Gasteiger charge is -2.33. The van der Waals surface area contributed by atoms with Gasteiger partial charge in [0.1, 0.15) is 17.5 Å². The molecule has 1 aromatic carbocycles. The van der Waals surface area contributed by atoms with Crippen LogP contribution in [0.5, 0.6) is 0 Å². The Morgan fingerprint density at radius 3 is 2.72 bits per heavy atom. The molecule has 1 aliphatic rings. The second-order valence-corrected chi connectivity index (χ2v) is 7.17. The van der Waals surface area contributed by atoms with Crippen molar-refractivity contribution in [1.82, 2.24) is 19.9 Å². The van der Waals surface area contributed by atoms with Crippen LogP contribution in [0.15, 0.2) is 48.9 Å². The van der Waals surface area contributed by atoms with Crippen LogP contribution in [-0.4, -0.2) is 38.8 Å². The van der Waals surface area contributed by atoms with Gasteiger partial charge in [-0.05, 0) is 49.6 Å². The number of rotatable bonds is 3. The van der Waals surface area contributed by atoms with Crippen LogP contribution in [0.3, 0.4) is 0 Å². The molecule has 0 spiro atoms. The summed E-state index contributed by atoms with van der Waals surface area (Å²) in [5.41, 5.74) is 2.63. The van der Waals surface area contributed by atoms with Crippen molar-refractivity contribution < 1.29 is 13.6 Å². The molecule has 0 aliphatic carbocycles. The van der Waals surface area contributed by atoms with Crippen LogP contribution in [0.4, 0.5) is 8.78 Å². The third-order valence-corrected chi connectivity index (χ3v) is 5.19. The van der Waals surface area contributed by atoms with Gasteiger partial charge in [-0.1, -0.05) is 0 Å². The fourth-order valence-electron chi connectivity index (χ4n) is 3.77. The first kappa shape index (κ1) is 19.1. The zero-order chi connectivity index (χ0) is 20.4. The van der Waals surface area contributed by atoms with E-state index in [-0.39, 0.29) is 11.5 Å². The van der Waals surface area contributed by atoms with Crippen LogP contribution in [-0.2, 0) is 0 Å². The maximum atomic E-state index is 14.1. The summed E-state index contributed by atoms with van der Waals surface area (Å²) in [4.78, 5) is 27.5. The second-order valence-electron chi connectivity index (χ2n) is 7.17. The maximum Gasteiger partial charge on any atom is 0.256 e. The van der Waals surface area contributed by atoms with Gasteiger partial charge in [-0.15, -0.1) is 0 Å². The third-order valence-electron chi connectivity index (χ3n) is 5.19. The van der Waals surface area contributed by atoms with Crippen molar-refractivity contribution in [3.63, 3.8) is 0 Å². The van der Waals surface area contributed by atoms with Gasteiger partial charge in [0.05, 0.1) is 11.3 Å². The summed E-state index contributed by atoms with van der Waals surface area (Å²) >= 11 is 0. The molecule has 1 aliphatic heterocycles. The Morgan fingerprint density at radius 1 is 1.17 bits per heavy atom. The molecule has 4 rings (SSSR count). The minimum Gasteiger partial charge on any atom is -0.338 e. The average Bonchev–Trinajstić information content (AvgIpc) is 2.74. The Morgan fingerprint density at radius 2 is 1.97 bits per heavy atom. The van der Waals surface area contributed by atoms with Crippen LogP contribution in [0.1, 0.15) is 40.6 Å². The average molecular weight is 394 g/mol. The molecule has 0 unspecified atom stereocenters. The predicted octanol–water partition coefficient (Wildman–Crippen LogP) is 4.15. The van der Waals surface area contributed by atoms with E-state index in [1.165, 1.54) is 6.07 Å². The predicted molar refractivity (Wildman–Crippen MR) is 104 cm³/mol. The Bertz CT molecular complexity index is 1040. The molecule has 1 atom stereocenters. The van der Waals surface area contributed by atoms with E-state index in [0.29, 0.717) is 18.9 Å². The van der Waals surface area contributed by atoms with Gasteiger partial charge in [-0.3, -0.25) is 9.78 Å². The van der Waals surface area contributed by atoms with Crippen LogP contribution >= 0.6 is 0 Å². The molecule has 0 N–H and O–H groups in total.